The van der Waals surface area contributed by atoms with Crippen LogP contribution in [0, 0.1) is 11.8 Å². The van der Waals surface area contributed by atoms with Crippen LogP contribution in [-0.2, 0) is 49.6 Å². The molecule has 0 aliphatic carbocycles. The van der Waals surface area contributed by atoms with Crippen LogP contribution in [0.25, 0.3) is 0 Å². The molecule has 0 radical (unpaired) electrons. The molecular formula is C34H51N7O12. The highest BCUT2D eigenvalue weighted by Gasteiger charge is 2.34. The van der Waals surface area contributed by atoms with Crippen molar-refractivity contribution in [3.63, 3.8) is 0 Å². The van der Waals surface area contributed by atoms with Crippen molar-refractivity contribution in [1.29, 1.82) is 0 Å². The average molecular weight is 750 g/mol. The molecule has 0 aromatic heterocycles. The predicted molar refractivity (Wildman–Crippen MR) is 188 cm³/mol. The van der Waals surface area contributed by atoms with Crippen LogP contribution in [-0.4, -0.2) is 111 Å². The van der Waals surface area contributed by atoms with E-state index in [-0.39, 0.29) is 6.42 Å². The van der Waals surface area contributed by atoms with Gasteiger partial charge in [0.2, 0.25) is 35.4 Å². The van der Waals surface area contributed by atoms with Gasteiger partial charge >= 0.3 is 17.9 Å². The monoisotopic (exact) mass is 749 g/mol. The Kier molecular flexibility index (Phi) is 19.2. The Morgan fingerprint density at radius 2 is 1.23 bits per heavy atom. The zero-order valence-electron chi connectivity index (χ0n) is 30.3. The molecule has 0 spiro atoms. The summed E-state index contributed by atoms with van der Waals surface area (Å²) in [6, 6.07) is 0.484. The normalized spacial score (nSPS) is 14.8. The van der Waals surface area contributed by atoms with Crippen molar-refractivity contribution in [3.8, 4) is 0 Å². The van der Waals surface area contributed by atoms with E-state index in [1.807, 2.05) is 0 Å². The third-order valence-corrected chi connectivity index (χ3v) is 8.08. The summed E-state index contributed by atoms with van der Waals surface area (Å²) >= 11 is 0. The molecule has 294 valence electrons. The Morgan fingerprint density at radius 3 is 1.74 bits per heavy atom. The van der Waals surface area contributed by atoms with Crippen LogP contribution < -0.4 is 37.6 Å². The number of benzene rings is 1. The summed E-state index contributed by atoms with van der Waals surface area (Å²) in [5, 5.41) is 42.1. The van der Waals surface area contributed by atoms with Crippen LogP contribution in [0.15, 0.2) is 30.3 Å². The highest BCUT2D eigenvalue weighted by Crippen LogP contribution is 2.11. The number of carboxylic acids is 3. The van der Waals surface area contributed by atoms with Gasteiger partial charge in [0.25, 0.3) is 0 Å². The molecule has 0 saturated carbocycles. The van der Waals surface area contributed by atoms with Crippen LogP contribution in [0.1, 0.15) is 65.9 Å². The van der Waals surface area contributed by atoms with Crippen molar-refractivity contribution in [2.24, 2.45) is 17.6 Å². The Morgan fingerprint density at radius 1 is 0.660 bits per heavy atom. The molecule has 19 heteroatoms. The summed E-state index contributed by atoms with van der Waals surface area (Å²) in [5.41, 5.74) is 6.11. The summed E-state index contributed by atoms with van der Waals surface area (Å²) in [5.74, 6) is -10.3. The lowest BCUT2D eigenvalue weighted by molar-refractivity contribution is -0.143. The SMILES string of the molecule is CC[C@H](C)[C@H](NC(=O)CNC(=O)[C@@H](NC(=O)[C@H](CC(=O)O)NC(=O)[C@H](C)N)C(C)C)C(=O)N[C@@H](Cc1ccccc1)C(=O)N[C@@H](CCC(=O)O)C(=O)O. The standard InChI is InChI=1S/C34H51N7O12/c1-6-18(4)28(33(51)39-22(14-20-10-8-7-9-11-20)30(48)37-21(34(52)53)12-13-25(43)44)40-24(42)16-36-32(50)27(17(2)3)41-31(49)23(15-26(45)46)38-29(47)19(5)35/h7-11,17-19,21-23,27-28H,6,12-16,35H2,1-5H3,(H,36,50)(H,37,48)(H,38,47)(H,39,51)(H,40,42)(H,41,49)(H,43,44)(H,45,46)(H,52,53)/t18-,19-,21-,22-,23-,27-,28-/m0/s1. The highest BCUT2D eigenvalue weighted by atomic mass is 16.4. The van der Waals surface area contributed by atoms with Gasteiger partial charge < -0.3 is 53.0 Å². The van der Waals surface area contributed by atoms with Crippen molar-refractivity contribution in [3.05, 3.63) is 35.9 Å². The maximum absolute atomic E-state index is 13.6. The van der Waals surface area contributed by atoms with Crippen LogP contribution in [0.3, 0.4) is 0 Å². The Hall–Kier alpha value is -5.59. The molecule has 53 heavy (non-hydrogen) atoms. The van der Waals surface area contributed by atoms with E-state index in [9.17, 15) is 53.4 Å². The molecule has 1 aromatic rings. The lowest BCUT2D eigenvalue weighted by atomic mass is 9.97. The second kappa shape index (κ2) is 22.4. The number of nitrogens with two attached hydrogens (primary N) is 1. The minimum atomic E-state index is -1.56. The van der Waals surface area contributed by atoms with E-state index in [0.717, 1.165) is 0 Å². The number of amides is 6. The van der Waals surface area contributed by atoms with Crippen molar-refractivity contribution < 1.29 is 58.5 Å². The number of carbonyl (C=O) groups excluding carboxylic acids is 6. The van der Waals surface area contributed by atoms with Gasteiger partial charge in [0, 0.05) is 12.8 Å². The third kappa shape index (κ3) is 16.5. The summed E-state index contributed by atoms with van der Waals surface area (Å²) in [6.45, 7) is 7.23. The average Bonchev–Trinajstić information content (AvgIpc) is 3.08. The van der Waals surface area contributed by atoms with Gasteiger partial charge in [0.1, 0.15) is 30.2 Å². The van der Waals surface area contributed by atoms with Gasteiger partial charge in [-0.2, -0.15) is 0 Å². The topological polar surface area (TPSA) is 313 Å². The fourth-order valence-corrected chi connectivity index (χ4v) is 4.80. The predicted octanol–water partition coefficient (Wildman–Crippen LogP) is -1.76. The second-order valence-electron chi connectivity index (χ2n) is 12.9. The highest BCUT2D eigenvalue weighted by molar-refractivity contribution is 5.97. The zero-order valence-corrected chi connectivity index (χ0v) is 30.3. The molecule has 0 aliphatic rings. The van der Waals surface area contributed by atoms with Crippen LogP contribution in [0.5, 0.6) is 0 Å². The van der Waals surface area contributed by atoms with Crippen molar-refractivity contribution in [1.82, 2.24) is 31.9 Å². The molecule has 7 atom stereocenters. The fraction of sp³-hybridized carbons (Fsp3) is 0.559. The number of hydrogen-bond donors (Lipinski definition) is 10. The molecule has 6 amide bonds. The summed E-state index contributed by atoms with van der Waals surface area (Å²) in [7, 11) is 0. The lowest BCUT2D eigenvalue weighted by Crippen LogP contribution is -2.59. The van der Waals surface area contributed by atoms with Crippen LogP contribution in [0.4, 0.5) is 0 Å². The quantitative estimate of drug-likeness (QED) is 0.0594. The van der Waals surface area contributed by atoms with Gasteiger partial charge in [-0.05, 0) is 30.7 Å². The van der Waals surface area contributed by atoms with E-state index in [1.165, 1.54) is 6.92 Å². The third-order valence-electron chi connectivity index (χ3n) is 8.08. The first kappa shape index (κ1) is 45.4. The summed E-state index contributed by atoms with van der Waals surface area (Å²) in [4.78, 5) is 112. The van der Waals surface area contributed by atoms with Gasteiger partial charge in [-0.25, -0.2) is 4.79 Å². The van der Waals surface area contributed by atoms with E-state index in [0.29, 0.717) is 12.0 Å². The van der Waals surface area contributed by atoms with Gasteiger partial charge in [0.15, 0.2) is 0 Å². The molecule has 0 unspecified atom stereocenters. The van der Waals surface area contributed by atoms with E-state index >= 15 is 0 Å². The lowest BCUT2D eigenvalue weighted by Gasteiger charge is -2.28. The van der Waals surface area contributed by atoms with Crippen LogP contribution >= 0.6 is 0 Å². The first-order valence-electron chi connectivity index (χ1n) is 17.0. The Bertz CT molecular complexity index is 1470. The van der Waals surface area contributed by atoms with Crippen molar-refractivity contribution in [2.45, 2.75) is 103 Å². The largest absolute Gasteiger partial charge is 0.481 e. The van der Waals surface area contributed by atoms with E-state index in [1.54, 1.807) is 58.0 Å². The number of nitrogens with one attached hydrogen (secondary N) is 6. The van der Waals surface area contributed by atoms with Gasteiger partial charge in [-0.3, -0.25) is 38.4 Å². The number of carbonyl (C=O) groups is 9. The van der Waals surface area contributed by atoms with Gasteiger partial charge in [-0.1, -0.05) is 64.4 Å². The minimum absolute atomic E-state index is 0.0779. The smallest absolute Gasteiger partial charge is 0.326 e. The first-order chi connectivity index (χ1) is 24.8. The Balaban J connectivity index is 3.11. The maximum Gasteiger partial charge on any atom is 0.326 e. The fourth-order valence-electron chi connectivity index (χ4n) is 4.80. The molecule has 0 fully saturated rings. The van der Waals surface area contributed by atoms with E-state index in [2.05, 4.69) is 31.9 Å². The Labute approximate surface area is 306 Å². The molecule has 0 bridgehead atoms. The van der Waals surface area contributed by atoms with Gasteiger partial charge in [-0.15, -0.1) is 0 Å². The molecule has 11 N–H and O–H groups in total. The maximum atomic E-state index is 13.6. The molecule has 0 saturated heterocycles. The molecule has 1 rings (SSSR count). The zero-order chi connectivity index (χ0) is 40.4. The molecule has 19 nitrogen and oxygen atoms in total. The minimum Gasteiger partial charge on any atom is -0.481 e. The summed E-state index contributed by atoms with van der Waals surface area (Å²) < 4.78 is 0. The number of carboxylic acid groups (broad SMARTS) is 3. The first-order valence-corrected chi connectivity index (χ1v) is 17.0. The number of hydrogen-bond acceptors (Lipinski definition) is 10. The summed E-state index contributed by atoms with van der Waals surface area (Å²) in [6.07, 6.45) is -1.43. The van der Waals surface area contributed by atoms with Crippen molar-refractivity contribution in [2.75, 3.05) is 6.54 Å². The molecule has 0 heterocycles. The molecule has 0 aliphatic heterocycles. The van der Waals surface area contributed by atoms with Crippen molar-refractivity contribution >= 4 is 53.4 Å². The van der Waals surface area contributed by atoms with Gasteiger partial charge in [0.05, 0.1) is 19.0 Å². The number of rotatable bonds is 23. The number of aliphatic carboxylic acids is 3. The van der Waals surface area contributed by atoms with E-state index < -0.39 is 127 Å². The molecule has 1 aromatic carbocycles. The molecular weight excluding hydrogens is 698 g/mol. The van der Waals surface area contributed by atoms with E-state index in [4.69, 9.17) is 10.8 Å². The second-order valence-corrected chi connectivity index (χ2v) is 12.9. The van der Waals surface area contributed by atoms with Crippen LogP contribution in [0.2, 0.25) is 0 Å².